The van der Waals surface area contributed by atoms with Gasteiger partial charge in [-0.25, -0.2) is 4.79 Å². The van der Waals surface area contributed by atoms with Crippen LogP contribution in [0.4, 0.5) is 0 Å². The predicted molar refractivity (Wildman–Crippen MR) is 58.4 cm³/mol. The number of carbonyl (C=O) groups is 2. The quantitative estimate of drug-likeness (QED) is 0.867. The monoisotopic (exact) mass is 242 g/mol. The molecule has 1 aromatic heterocycles. The van der Waals surface area contributed by atoms with E-state index in [0.717, 1.165) is 4.90 Å². The number of hydrogen-bond donors (Lipinski definition) is 1. The minimum atomic E-state index is -1.07. The molecule has 1 aromatic rings. The second kappa shape index (κ2) is 4.94. The summed E-state index contributed by atoms with van der Waals surface area (Å²) < 4.78 is 0. The largest absolute Gasteiger partial charge is 0.480 e. The van der Waals surface area contributed by atoms with Gasteiger partial charge in [-0.05, 0) is 19.1 Å². The van der Waals surface area contributed by atoms with Crippen molar-refractivity contribution < 1.29 is 14.7 Å². The molecule has 0 aliphatic carbocycles. The summed E-state index contributed by atoms with van der Waals surface area (Å²) in [4.78, 5) is 27.4. The first-order valence-electron chi connectivity index (χ1n) is 4.55. The molecule has 0 aliphatic rings. The average Bonchev–Trinajstić information content (AvgIpc) is 2.26. The number of carboxylic acids is 1. The van der Waals surface area contributed by atoms with Crippen LogP contribution in [0.5, 0.6) is 0 Å². The smallest absolute Gasteiger partial charge is 0.326 e. The van der Waals surface area contributed by atoms with E-state index in [0.29, 0.717) is 5.02 Å². The fourth-order valence-corrected chi connectivity index (χ4v) is 1.20. The van der Waals surface area contributed by atoms with Crippen molar-refractivity contribution in [3.05, 3.63) is 29.0 Å². The molecule has 5 nitrogen and oxygen atoms in total. The van der Waals surface area contributed by atoms with Gasteiger partial charge in [0, 0.05) is 18.3 Å². The number of nitrogens with zero attached hydrogens (tertiary/aromatic N) is 2. The summed E-state index contributed by atoms with van der Waals surface area (Å²) in [6.07, 6.45) is 1.40. The lowest BCUT2D eigenvalue weighted by atomic mass is 10.2. The van der Waals surface area contributed by atoms with Gasteiger partial charge in [0.2, 0.25) is 0 Å². The predicted octanol–water partition coefficient (Wildman–Crippen LogP) is 1.28. The van der Waals surface area contributed by atoms with Crippen LogP contribution >= 0.6 is 11.6 Å². The molecule has 0 radical (unpaired) electrons. The van der Waals surface area contributed by atoms with Crippen LogP contribution in [0.3, 0.4) is 0 Å². The number of rotatable bonds is 3. The fourth-order valence-electron chi connectivity index (χ4n) is 1.04. The van der Waals surface area contributed by atoms with Crippen LogP contribution in [0.1, 0.15) is 17.4 Å². The Labute approximate surface area is 97.7 Å². The van der Waals surface area contributed by atoms with Crippen LogP contribution < -0.4 is 0 Å². The number of hydrogen-bond acceptors (Lipinski definition) is 3. The Kier molecular flexibility index (Phi) is 3.84. The first-order chi connectivity index (χ1) is 7.43. The average molecular weight is 243 g/mol. The van der Waals surface area contributed by atoms with Gasteiger partial charge in [-0.1, -0.05) is 11.6 Å². The highest BCUT2D eigenvalue weighted by atomic mass is 35.5. The molecular formula is C10H11ClN2O3. The van der Waals surface area contributed by atoms with Gasteiger partial charge in [0.25, 0.3) is 5.91 Å². The first kappa shape index (κ1) is 12.4. The molecule has 1 rings (SSSR count). The molecule has 0 aliphatic heterocycles. The van der Waals surface area contributed by atoms with Crippen molar-refractivity contribution in [1.29, 1.82) is 0 Å². The number of amides is 1. The van der Waals surface area contributed by atoms with E-state index in [1.54, 1.807) is 6.07 Å². The second-order valence-corrected chi connectivity index (χ2v) is 3.73. The van der Waals surface area contributed by atoms with Gasteiger partial charge >= 0.3 is 5.97 Å². The summed E-state index contributed by atoms with van der Waals surface area (Å²) in [5, 5.41) is 9.15. The summed E-state index contributed by atoms with van der Waals surface area (Å²) in [6, 6.07) is 2.03. The molecule has 0 saturated heterocycles. The maximum Gasteiger partial charge on any atom is 0.326 e. The maximum atomic E-state index is 11.8. The third-order valence-corrected chi connectivity index (χ3v) is 2.43. The van der Waals surface area contributed by atoms with Gasteiger partial charge in [-0.15, -0.1) is 0 Å². The van der Waals surface area contributed by atoms with Crippen molar-refractivity contribution in [2.24, 2.45) is 0 Å². The summed E-state index contributed by atoms with van der Waals surface area (Å²) in [5.74, 6) is -1.55. The number of carbonyl (C=O) groups excluding carboxylic acids is 1. The molecule has 1 N–H and O–H groups in total. The van der Waals surface area contributed by atoms with Crippen LogP contribution in [0.15, 0.2) is 18.3 Å². The Balaban J connectivity index is 2.90. The number of pyridine rings is 1. The molecule has 86 valence electrons. The summed E-state index contributed by atoms with van der Waals surface area (Å²) >= 11 is 5.71. The topological polar surface area (TPSA) is 70.5 Å². The first-order valence-corrected chi connectivity index (χ1v) is 4.93. The van der Waals surface area contributed by atoms with Crippen LogP contribution in [0, 0.1) is 0 Å². The van der Waals surface area contributed by atoms with E-state index in [9.17, 15) is 9.59 Å². The van der Waals surface area contributed by atoms with Crippen LogP contribution in [-0.4, -0.2) is 40.0 Å². The van der Waals surface area contributed by atoms with Gasteiger partial charge < -0.3 is 10.0 Å². The van der Waals surface area contributed by atoms with Gasteiger partial charge in [0.15, 0.2) is 0 Å². The van der Waals surface area contributed by atoms with Crippen LogP contribution in [0.2, 0.25) is 5.02 Å². The fraction of sp³-hybridized carbons (Fsp3) is 0.300. The Hall–Kier alpha value is -1.62. The van der Waals surface area contributed by atoms with E-state index in [1.807, 2.05) is 0 Å². The number of aliphatic carboxylic acids is 1. The molecular weight excluding hydrogens is 232 g/mol. The third kappa shape index (κ3) is 2.70. The molecule has 1 amide bonds. The molecule has 0 fully saturated rings. The molecule has 1 atom stereocenters. The molecule has 16 heavy (non-hydrogen) atoms. The maximum absolute atomic E-state index is 11.8. The molecule has 1 unspecified atom stereocenters. The van der Waals surface area contributed by atoms with E-state index in [4.69, 9.17) is 16.7 Å². The highest BCUT2D eigenvalue weighted by Crippen LogP contribution is 2.10. The minimum absolute atomic E-state index is 0.128. The SMILES string of the molecule is CC(C(=O)O)N(C)C(=O)c1cc(Cl)ccn1. The van der Waals surface area contributed by atoms with Crippen molar-refractivity contribution in [3.63, 3.8) is 0 Å². The Morgan fingerprint density at radius 3 is 2.69 bits per heavy atom. The molecule has 1 heterocycles. The number of aromatic nitrogens is 1. The standard InChI is InChI=1S/C10H11ClN2O3/c1-6(10(15)16)13(2)9(14)8-5-7(11)3-4-12-8/h3-6H,1-2H3,(H,15,16). The van der Waals surface area contributed by atoms with Crippen molar-refractivity contribution in [2.45, 2.75) is 13.0 Å². The van der Waals surface area contributed by atoms with E-state index in [2.05, 4.69) is 4.98 Å². The number of carboxylic acid groups (broad SMARTS) is 1. The number of halogens is 1. The summed E-state index contributed by atoms with van der Waals surface area (Å²) in [5.41, 5.74) is 0.128. The highest BCUT2D eigenvalue weighted by Gasteiger charge is 2.23. The van der Waals surface area contributed by atoms with E-state index in [-0.39, 0.29) is 5.69 Å². The Morgan fingerprint density at radius 1 is 1.56 bits per heavy atom. The molecule has 0 saturated carbocycles. The van der Waals surface area contributed by atoms with Crippen LogP contribution in [0.25, 0.3) is 0 Å². The van der Waals surface area contributed by atoms with Crippen molar-refractivity contribution in [2.75, 3.05) is 7.05 Å². The molecule has 6 heteroatoms. The van der Waals surface area contributed by atoms with Crippen molar-refractivity contribution >= 4 is 23.5 Å². The zero-order chi connectivity index (χ0) is 12.3. The lowest BCUT2D eigenvalue weighted by molar-refractivity contribution is -0.141. The minimum Gasteiger partial charge on any atom is -0.480 e. The second-order valence-electron chi connectivity index (χ2n) is 3.29. The van der Waals surface area contributed by atoms with Gasteiger partial charge in [-0.3, -0.25) is 9.78 Å². The highest BCUT2D eigenvalue weighted by molar-refractivity contribution is 6.30. The van der Waals surface area contributed by atoms with Gasteiger partial charge in [0.1, 0.15) is 11.7 Å². The Morgan fingerprint density at radius 2 is 2.19 bits per heavy atom. The van der Waals surface area contributed by atoms with Crippen LogP contribution in [-0.2, 0) is 4.79 Å². The number of likely N-dealkylation sites (N-methyl/N-ethyl adjacent to an activating group) is 1. The molecule has 0 aromatic carbocycles. The van der Waals surface area contributed by atoms with E-state index >= 15 is 0 Å². The lowest BCUT2D eigenvalue weighted by Crippen LogP contribution is -2.40. The normalized spacial score (nSPS) is 11.9. The molecule has 0 bridgehead atoms. The van der Waals surface area contributed by atoms with Gasteiger partial charge in [0.05, 0.1) is 0 Å². The lowest BCUT2D eigenvalue weighted by Gasteiger charge is -2.20. The molecule has 0 spiro atoms. The third-order valence-electron chi connectivity index (χ3n) is 2.20. The van der Waals surface area contributed by atoms with E-state index in [1.165, 1.54) is 26.2 Å². The van der Waals surface area contributed by atoms with Crippen molar-refractivity contribution in [3.8, 4) is 0 Å². The summed E-state index contributed by atoms with van der Waals surface area (Å²) in [7, 11) is 1.41. The van der Waals surface area contributed by atoms with Crippen molar-refractivity contribution in [1.82, 2.24) is 9.88 Å². The zero-order valence-corrected chi connectivity index (χ0v) is 9.60. The zero-order valence-electron chi connectivity index (χ0n) is 8.85. The summed E-state index contributed by atoms with van der Waals surface area (Å²) in [6.45, 7) is 1.42. The van der Waals surface area contributed by atoms with Gasteiger partial charge in [-0.2, -0.15) is 0 Å². The Bertz CT molecular complexity index is 422. The van der Waals surface area contributed by atoms with E-state index < -0.39 is 17.9 Å².